The number of nitrogens with one attached hydrogen (secondary N) is 1. The quantitative estimate of drug-likeness (QED) is 0.168. The molecule has 0 aliphatic rings. The van der Waals surface area contributed by atoms with Crippen LogP contribution in [0.4, 0.5) is 5.69 Å². The lowest BCUT2D eigenvalue weighted by molar-refractivity contribution is 1.11. The van der Waals surface area contributed by atoms with Crippen molar-refractivity contribution in [3.05, 3.63) is 193 Å². The molecule has 48 heavy (non-hydrogen) atoms. The number of anilines is 1. The summed E-state index contributed by atoms with van der Waals surface area (Å²) < 4.78 is 2.40. The molecular formula is C46H36N2. The standard InChI is InChI=1S/C46H36N2/c1-2-40(19-12-16-35-14-5-8-22-44(35)48-45-23-9-6-20-42(45)43-21-7-10-24-46(43)48)47-41-29-27-34(28-30-41)37-17-11-18-38(31-37)39-26-25-33-13-3-4-15-36(33)32-39/h2-15,17-32,47H,16H2,1H3/b19-12-,40-2+. The van der Waals surface area contributed by atoms with Crippen molar-refractivity contribution in [2.75, 3.05) is 5.32 Å². The van der Waals surface area contributed by atoms with Crippen LogP contribution in [0.5, 0.6) is 0 Å². The van der Waals surface area contributed by atoms with E-state index in [1.165, 1.54) is 66.1 Å². The van der Waals surface area contributed by atoms with Gasteiger partial charge >= 0.3 is 0 Å². The minimum Gasteiger partial charge on any atom is -0.356 e. The van der Waals surface area contributed by atoms with E-state index in [4.69, 9.17) is 0 Å². The summed E-state index contributed by atoms with van der Waals surface area (Å²) in [5.41, 5.74) is 12.0. The number of benzene rings is 7. The van der Waals surface area contributed by atoms with Gasteiger partial charge in [-0.25, -0.2) is 0 Å². The first-order valence-corrected chi connectivity index (χ1v) is 16.6. The highest BCUT2D eigenvalue weighted by atomic mass is 15.0. The third kappa shape index (κ3) is 5.70. The highest BCUT2D eigenvalue weighted by Gasteiger charge is 2.13. The van der Waals surface area contributed by atoms with E-state index in [1.807, 2.05) is 0 Å². The highest BCUT2D eigenvalue weighted by molar-refractivity contribution is 6.09. The van der Waals surface area contributed by atoms with Crippen molar-refractivity contribution in [2.45, 2.75) is 13.3 Å². The molecule has 230 valence electrons. The zero-order valence-electron chi connectivity index (χ0n) is 27.0. The number of hydrogen-bond donors (Lipinski definition) is 1. The van der Waals surface area contributed by atoms with Crippen molar-refractivity contribution in [1.82, 2.24) is 4.57 Å². The molecule has 1 heterocycles. The molecule has 0 unspecified atom stereocenters. The Kier molecular flexibility index (Phi) is 7.90. The lowest BCUT2D eigenvalue weighted by atomic mass is 9.97. The summed E-state index contributed by atoms with van der Waals surface area (Å²) in [6.45, 7) is 2.07. The molecular weight excluding hydrogens is 581 g/mol. The topological polar surface area (TPSA) is 17.0 Å². The van der Waals surface area contributed by atoms with E-state index in [9.17, 15) is 0 Å². The van der Waals surface area contributed by atoms with Gasteiger partial charge in [-0.3, -0.25) is 0 Å². The summed E-state index contributed by atoms with van der Waals surface area (Å²) in [5.74, 6) is 0. The third-order valence-corrected chi connectivity index (χ3v) is 9.21. The van der Waals surface area contributed by atoms with Gasteiger partial charge in [-0.1, -0.05) is 133 Å². The van der Waals surface area contributed by atoms with E-state index in [0.29, 0.717) is 0 Å². The van der Waals surface area contributed by atoms with Crippen LogP contribution in [0.25, 0.3) is 60.5 Å². The lowest BCUT2D eigenvalue weighted by Crippen LogP contribution is -1.99. The van der Waals surface area contributed by atoms with E-state index in [-0.39, 0.29) is 0 Å². The second-order valence-electron chi connectivity index (χ2n) is 12.2. The zero-order valence-corrected chi connectivity index (χ0v) is 27.0. The van der Waals surface area contributed by atoms with E-state index < -0.39 is 0 Å². The van der Waals surface area contributed by atoms with Crippen LogP contribution >= 0.6 is 0 Å². The molecule has 0 radical (unpaired) electrons. The van der Waals surface area contributed by atoms with Gasteiger partial charge in [0.2, 0.25) is 0 Å². The van der Waals surface area contributed by atoms with Crippen LogP contribution in [0.3, 0.4) is 0 Å². The van der Waals surface area contributed by atoms with Crippen molar-refractivity contribution in [1.29, 1.82) is 0 Å². The Labute approximate surface area is 281 Å². The molecule has 0 saturated carbocycles. The summed E-state index contributed by atoms with van der Waals surface area (Å²) in [6, 6.07) is 58.8. The molecule has 2 nitrogen and oxygen atoms in total. The van der Waals surface area contributed by atoms with E-state index >= 15 is 0 Å². The third-order valence-electron chi connectivity index (χ3n) is 9.21. The number of aromatic nitrogens is 1. The zero-order chi connectivity index (χ0) is 32.3. The maximum atomic E-state index is 3.61. The van der Waals surface area contributed by atoms with Crippen LogP contribution in [0.15, 0.2) is 188 Å². The van der Waals surface area contributed by atoms with E-state index in [0.717, 1.165) is 17.8 Å². The van der Waals surface area contributed by atoms with Gasteiger partial charge in [0.15, 0.2) is 0 Å². The number of rotatable bonds is 8. The Hall–Kier alpha value is -6.12. The fourth-order valence-corrected chi connectivity index (χ4v) is 6.77. The molecule has 0 atom stereocenters. The number of hydrogen-bond acceptors (Lipinski definition) is 1. The van der Waals surface area contributed by atoms with Crippen molar-refractivity contribution in [3.63, 3.8) is 0 Å². The van der Waals surface area contributed by atoms with Crippen LogP contribution in [0.1, 0.15) is 12.5 Å². The molecule has 0 fully saturated rings. The molecule has 0 aliphatic heterocycles. The smallest absolute Gasteiger partial charge is 0.0541 e. The number of para-hydroxylation sites is 3. The van der Waals surface area contributed by atoms with Crippen molar-refractivity contribution >= 4 is 38.3 Å². The van der Waals surface area contributed by atoms with Crippen LogP contribution in [0, 0.1) is 0 Å². The van der Waals surface area contributed by atoms with Gasteiger partial charge in [-0.2, -0.15) is 0 Å². The van der Waals surface area contributed by atoms with Gasteiger partial charge in [-0.05, 0) is 100 Å². The van der Waals surface area contributed by atoms with Crippen molar-refractivity contribution < 1.29 is 0 Å². The van der Waals surface area contributed by atoms with E-state index in [1.54, 1.807) is 0 Å². The molecule has 8 rings (SSSR count). The van der Waals surface area contributed by atoms with Gasteiger partial charge in [0.25, 0.3) is 0 Å². The average molecular weight is 617 g/mol. The summed E-state index contributed by atoms with van der Waals surface area (Å²) in [5, 5.41) is 8.69. The van der Waals surface area contributed by atoms with Gasteiger partial charge in [0.05, 0.1) is 11.0 Å². The van der Waals surface area contributed by atoms with Crippen molar-refractivity contribution in [2.24, 2.45) is 0 Å². The first-order valence-electron chi connectivity index (χ1n) is 16.6. The van der Waals surface area contributed by atoms with Crippen LogP contribution < -0.4 is 5.32 Å². The molecule has 0 aliphatic carbocycles. The summed E-state index contributed by atoms with van der Waals surface area (Å²) in [7, 11) is 0. The van der Waals surface area contributed by atoms with E-state index in [2.05, 4.69) is 199 Å². The number of nitrogens with zero attached hydrogens (tertiary/aromatic N) is 1. The molecule has 0 bridgehead atoms. The molecule has 0 saturated heterocycles. The predicted octanol–water partition coefficient (Wildman–Crippen LogP) is 12.4. The predicted molar refractivity (Wildman–Crippen MR) is 206 cm³/mol. The molecule has 8 aromatic rings. The maximum Gasteiger partial charge on any atom is 0.0541 e. The van der Waals surface area contributed by atoms with Crippen molar-refractivity contribution in [3.8, 4) is 27.9 Å². The maximum absolute atomic E-state index is 3.61. The van der Waals surface area contributed by atoms with Gasteiger partial charge in [0, 0.05) is 27.8 Å². The Morgan fingerprint density at radius 2 is 1.15 bits per heavy atom. The Morgan fingerprint density at radius 1 is 0.542 bits per heavy atom. The van der Waals surface area contributed by atoms with Gasteiger partial charge in [-0.15, -0.1) is 0 Å². The second kappa shape index (κ2) is 12.9. The average Bonchev–Trinajstić information content (AvgIpc) is 3.49. The van der Waals surface area contributed by atoms with Crippen LogP contribution in [0.2, 0.25) is 0 Å². The molecule has 2 heteroatoms. The van der Waals surface area contributed by atoms with Crippen LogP contribution in [-0.2, 0) is 6.42 Å². The summed E-state index contributed by atoms with van der Waals surface area (Å²) in [4.78, 5) is 0. The Balaban J connectivity index is 0.989. The minimum atomic E-state index is 0.822. The normalized spacial score (nSPS) is 12.0. The first-order chi connectivity index (χ1) is 23.7. The first kappa shape index (κ1) is 29.3. The Morgan fingerprint density at radius 3 is 1.90 bits per heavy atom. The summed E-state index contributed by atoms with van der Waals surface area (Å²) in [6.07, 6.45) is 7.38. The van der Waals surface area contributed by atoms with Crippen LogP contribution in [-0.4, -0.2) is 4.57 Å². The largest absolute Gasteiger partial charge is 0.356 e. The lowest BCUT2D eigenvalue weighted by Gasteiger charge is -2.13. The Bertz CT molecular complexity index is 2400. The minimum absolute atomic E-state index is 0.822. The SMILES string of the molecule is C/C=C(\C=C/Cc1ccccc1-n1c2ccccc2c2ccccc21)Nc1ccc(-c2cccc(-c3ccc4ccccc4c3)c2)cc1. The second-order valence-corrected chi connectivity index (χ2v) is 12.2. The molecule has 1 aromatic heterocycles. The molecule has 7 aromatic carbocycles. The number of fused-ring (bicyclic) bond motifs is 4. The molecule has 0 spiro atoms. The number of allylic oxidation sites excluding steroid dienone is 3. The van der Waals surface area contributed by atoms with Gasteiger partial charge < -0.3 is 9.88 Å². The fraction of sp³-hybridized carbons (Fsp3) is 0.0435. The highest BCUT2D eigenvalue weighted by Crippen LogP contribution is 2.33. The summed E-state index contributed by atoms with van der Waals surface area (Å²) >= 11 is 0. The molecule has 0 amide bonds. The fourth-order valence-electron chi connectivity index (χ4n) is 6.77. The monoisotopic (exact) mass is 616 g/mol. The van der Waals surface area contributed by atoms with Gasteiger partial charge in [0.1, 0.15) is 0 Å². The molecule has 1 N–H and O–H groups in total.